The minimum atomic E-state index is -3.67. The van der Waals surface area contributed by atoms with Crippen LogP contribution in [0.4, 0.5) is 56.9 Å². The minimum Gasteiger partial charge on any atom is -0.427 e. The van der Waals surface area contributed by atoms with Crippen LogP contribution in [0.2, 0.25) is 0 Å². The van der Waals surface area contributed by atoms with Crippen LogP contribution >= 0.6 is 45.2 Å². The second kappa shape index (κ2) is 29.4. The van der Waals surface area contributed by atoms with E-state index in [-0.39, 0.29) is 0 Å². The lowest BCUT2D eigenvalue weighted by Crippen LogP contribution is -2.19. The van der Waals surface area contributed by atoms with Crippen LogP contribution in [-0.4, -0.2) is 0 Å². The third-order valence-corrected chi connectivity index (χ3v) is 34.5. The van der Waals surface area contributed by atoms with Crippen molar-refractivity contribution in [2.45, 2.75) is 19.3 Å². The normalized spacial score (nSPS) is 17.5. The third-order valence-electron chi connectivity index (χ3n) is 15.7. The lowest BCUT2D eigenvalue weighted by molar-refractivity contribution is 0.599. The quantitative estimate of drug-likeness (QED) is 0.0230. The van der Waals surface area contributed by atoms with Crippen molar-refractivity contribution in [1.29, 1.82) is 0 Å². The number of para-hydroxylation sites is 10. The number of benzene rings is 12. The lowest BCUT2D eigenvalue weighted by atomic mass is 9.78. The maximum Gasteiger partial charge on any atom is 0.359 e. The van der Waals surface area contributed by atoms with Gasteiger partial charge < -0.3 is 59.9 Å². The van der Waals surface area contributed by atoms with E-state index in [0.717, 1.165) is 68.0 Å². The van der Waals surface area contributed by atoms with Gasteiger partial charge in [-0.25, -0.2) is 0 Å². The van der Waals surface area contributed by atoms with Gasteiger partial charge in [0.25, 0.3) is 30.0 Å². The largest absolute Gasteiger partial charge is 0.427 e. The van der Waals surface area contributed by atoms with Gasteiger partial charge >= 0.3 is 15.2 Å². The van der Waals surface area contributed by atoms with Gasteiger partial charge in [-0.1, -0.05) is 220 Å². The predicted molar refractivity (Wildman–Crippen MR) is 423 cm³/mol. The summed E-state index contributed by atoms with van der Waals surface area (Å²) in [7, 11) is -21.0. The van der Waals surface area contributed by atoms with E-state index in [9.17, 15) is 0 Å². The summed E-state index contributed by atoms with van der Waals surface area (Å²) in [6.45, 7) is 4.44. The summed E-state index contributed by atoms with van der Waals surface area (Å²) >= 11 is 0. The number of rotatable bonds is 26. The lowest BCUT2D eigenvalue weighted by Gasteiger charge is -2.37. The Bertz CT molecular complexity index is 4370. The molecule has 12 aromatic rings. The molecule has 0 spiro atoms. The summed E-state index contributed by atoms with van der Waals surface area (Å²) in [4.78, 5) is 0. The first kappa shape index (κ1) is 65.9. The highest BCUT2D eigenvalue weighted by Crippen LogP contribution is 2.79. The smallest absolute Gasteiger partial charge is 0.359 e. The maximum absolute atomic E-state index is 7.53. The molecule has 2 atom stereocenters. The molecule has 2 unspecified atom stereocenters. The van der Waals surface area contributed by atoms with Crippen LogP contribution in [0.3, 0.4) is 0 Å². The standard InChI is InChI=1S/C75H74N16O2P6/c1-75(2,61-53-57-73(58-54-61)92-98(84-71-49-29-11-30-50-71)88-94(76-63-33-13-3-14-34-63,77-64-35-15-4-16-36-64)86-95(89-98,78-65-37-17-5-18-38-65)79-66-39-19-6-20-40-66)62-55-59-74(60-56-62)93-99(85-72-51-31-12-32-52-72)90-96(80-67-41-21-7-22-42-67,81-68-43-23-8-24-44-68)87-97(91-99,82-69-45-25-9-26-46-69)83-70-47-27-10-28-48-70/h3-60,76-85H,1-2H3. The molecule has 18 nitrogen and oxygen atoms in total. The molecular formula is C75H74N16O2P6. The Labute approximate surface area is 579 Å². The van der Waals surface area contributed by atoms with Gasteiger partial charge in [-0.3, -0.25) is 0 Å². The van der Waals surface area contributed by atoms with Crippen molar-refractivity contribution in [2.24, 2.45) is 27.1 Å². The number of nitrogens with one attached hydrogen (secondary N) is 10. The fourth-order valence-corrected chi connectivity index (χ4v) is 32.8. The van der Waals surface area contributed by atoms with Gasteiger partial charge in [-0.05, 0) is 157 Å². The summed E-state index contributed by atoms with van der Waals surface area (Å²) < 4.78 is 50.1. The average Bonchev–Trinajstić information content (AvgIpc) is 0.737. The Morgan fingerprint density at radius 1 is 0.202 bits per heavy atom. The zero-order valence-electron chi connectivity index (χ0n) is 54.2. The molecule has 0 aliphatic carbocycles. The number of hydrogen-bond acceptors (Lipinski definition) is 18. The third kappa shape index (κ3) is 16.4. The molecule has 2 aliphatic rings. The Morgan fingerprint density at radius 2 is 0.374 bits per heavy atom. The first-order valence-corrected chi connectivity index (χ1v) is 42.2. The van der Waals surface area contributed by atoms with Crippen LogP contribution in [0.15, 0.2) is 379 Å². The zero-order chi connectivity index (χ0) is 67.3. The summed E-state index contributed by atoms with van der Waals surface area (Å²) in [5.41, 5.74) is 9.59. The molecule has 0 radical (unpaired) electrons. The van der Waals surface area contributed by atoms with E-state index in [1.807, 2.05) is 328 Å². The Kier molecular flexibility index (Phi) is 19.5. The van der Waals surface area contributed by atoms with Crippen molar-refractivity contribution >= 4 is 102 Å². The van der Waals surface area contributed by atoms with Crippen molar-refractivity contribution < 1.29 is 9.05 Å². The fraction of sp³-hybridized carbons (Fsp3) is 0.0400. The van der Waals surface area contributed by atoms with Gasteiger partial charge in [0, 0.05) is 62.3 Å². The summed E-state index contributed by atoms with van der Waals surface area (Å²) in [5.74, 6) is 1.10. The fourth-order valence-electron chi connectivity index (χ4n) is 11.1. The van der Waals surface area contributed by atoms with Crippen LogP contribution in [0.25, 0.3) is 0 Å². The summed E-state index contributed by atoms with van der Waals surface area (Å²) in [5, 5.41) is 38.5. The molecule has 14 rings (SSSR count). The number of anilines is 10. The maximum atomic E-state index is 7.53. The average molecular weight is 1420 g/mol. The first-order valence-electron chi connectivity index (χ1n) is 32.2. The molecule has 0 amide bonds. The van der Waals surface area contributed by atoms with E-state index in [1.165, 1.54) is 0 Å². The molecule has 0 aromatic heterocycles. The monoisotopic (exact) mass is 1420 g/mol. The van der Waals surface area contributed by atoms with Crippen LogP contribution in [0.5, 0.6) is 11.5 Å². The molecule has 10 N–H and O–H groups in total. The topological polar surface area (TPSA) is 213 Å². The molecule has 0 saturated carbocycles. The number of hydrogen-bond donors (Lipinski definition) is 10. The van der Waals surface area contributed by atoms with E-state index < -0.39 is 50.6 Å². The van der Waals surface area contributed by atoms with Gasteiger partial charge in [-0.15, -0.1) is 18.1 Å². The Hall–Kier alpha value is -10.4. The van der Waals surface area contributed by atoms with Crippen molar-refractivity contribution in [3.05, 3.63) is 363 Å². The van der Waals surface area contributed by atoms with E-state index in [4.69, 9.17) is 36.1 Å². The second-order valence-corrected chi connectivity index (χ2v) is 37.5. The van der Waals surface area contributed by atoms with Gasteiger partial charge in [-0.2, -0.15) is 9.03 Å². The zero-order valence-corrected chi connectivity index (χ0v) is 59.5. The molecule has 24 heteroatoms. The van der Waals surface area contributed by atoms with E-state index in [0.29, 0.717) is 11.5 Å². The highest BCUT2D eigenvalue weighted by atomic mass is 31.3. The van der Waals surface area contributed by atoms with Crippen LogP contribution in [-0.2, 0) is 5.41 Å². The molecular weight excluding hydrogens is 1340 g/mol. The molecule has 99 heavy (non-hydrogen) atoms. The molecule has 0 bridgehead atoms. The first-order chi connectivity index (χ1) is 48.4. The van der Waals surface area contributed by atoms with Crippen LogP contribution in [0, 0.1) is 0 Å². The van der Waals surface area contributed by atoms with E-state index in [1.54, 1.807) is 0 Å². The molecule has 2 heterocycles. The molecule has 12 aromatic carbocycles. The molecule has 0 fully saturated rings. The Morgan fingerprint density at radius 3 is 0.566 bits per heavy atom. The van der Waals surface area contributed by atoms with Crippen molar-refractivity contribution in [3.63, 3.8) is 0 Å². The van der Waals surface area contributed by atoms with E-state index in [2.05, 4.69) is 89.0 Å². The van der Waals surface area contributed by atoms with E-state index >= 15 is 0 Å². The molecule has 0 saturated heterocycles. The van der Waals surface area contributed by atoms with Crippen LogP contribution in [0.1, 0.15) is 25.0 Å². The van der Waals surface area contributed by atoms with Crippen molar-refractivity contribution in [2.75, 3.05) is 50.9 Å². The summed E-state index contributed by atoms with van der Waals surface area (Å²) in [6, 6.07) is 117. The highest BCUT2D eigenvalue weighted by molar-refractivity contribution is 7.89. The van der Waals surface area contributed by atoms with Gasteiger partial charge in [0.2, 0.25) is 0 Å². The Balaban J connectivity index is 0.872. The number of nitrogens with zero attached hydrogens (tertiary/aromatic N) is 6. The molecule has 496 valence electrons. The van der Waals surface area contributed by atoms with Gasteiger partial charge in [0.05, 0.1) is 0 Å². The highest BCUT2D eigenvalue weighted by Gasteiger charge is 2.43. The van der Waals surface area contributed by atoms with Crippen LogP contribution < -0.4 is 59.9 Å². The minimum absolute atomic E-state index is 0.544. The SMILES string of the molecule is CC(C)(c1ccc(OP2(Nc3ccccc3)=NP(Nc3ccccc3)(Nc3ccccc3)=NP(Nc3ccccc3)(Nc3ccccc3)=N2)cc1)c1ccc(OP2(Nc3ccccc3)=NP(Nc3ccccc3)(Nc3ccccc3)=NP(Nc3ccccc3)(Nc3ccccc3)=N2)cc1. The summed E-state index contributed by atoms with van der Waals surface area (Å²) in [6.07, 6.45) is 0. The van der Waals surface area contributed by atoms with Gasteiger partial charge in [0.1, 0.15) is 11.5 Å². The predicted octanol–water partition coefficient (Wildman–Crippen LogP) is 25.6. The molecule has 2 aliphatic heterocycles. The van der Waals surface area contributed by atoms with Crippen molar-refractivity contribution in [1.82, 2.24) is 0 Å². The van der Waals surface area contributed by atoms with Crippen molar-refractivity contribution in [3.8, 4) is 11.5 Å². The van der Waals surface area contributed by atoms with Gasteiger partial charge in [0.15, 0.2) is 0 Å². The second-order valence-electron chi connectivity index (χ2n) is 23.7.